The second-order valence-corrected chi connectivity index (χ2v) is 7.11. The van der Waals surface area contributed by atoms with Gasteiger partial charge in [-0.25, -0.2) is 12.7 Å². The number of rotatable bonds is 7. The van der Waals surface area contributed by atoms with E-state index in [1.165, 1.54) is 17.7 Å². The highest BCUT2D eigenvalue weighted by Gasteiger charge is 2.28. The molecule has 0 spiro atoms. The third kappa shape index (κ3) is 5.74. The van der Waals surface area contributed by atoms with Crippen LogP contribution in [0.2, 0.25) is 0 Å². The Morgan fingerprint density at radius 1 is 1.45 bits per heavy atom. The van der Waals surface area contributed by atoms with E-state index in [9.17, 15) is 18.3 Å². The first kappa shape index (κ1) is 17.4. The van der Waals surface area contributed by atoms with E-state index in [0.29, 0.717) is 38.9 Å². The van der Waals surface area contributed by atoms with Crippen molar-refractivity contribution in [3.05, 3.63) is 0 Å². The van der Waals surface area contributed by atoms with Gasteiger partial charge in [0.2, 0.25) is 15.9 Å². The summed E-state index contributed by atoms with van der Waals surface area (Å²) in [6.07, 6.45) is 2.14. The third-order valence-corrected chi connectivity index (χ3v) is 4.73. The molecule has 0 radical (unpaired) electrons. The van der Waals surface area contributed by atoms with Crippen molar-refractivity contribution < 1.29 is 23.1 Å². The summed E-state index contributed by atoms with van der Waals surface area (Å²) in [6, 6.07) is 0. The van der Waals surface area contributed by atoms with Gasteiger partial charge in [-0.1, -0.05) is 0 Å². The number of aliphatic hydroxyl groups excluding tert-OH is 1. The van der Waals surface area contributed by atoms with Crippen LogP contribution in [0.3, 0.4) is 0 Å². The lowest BCUT2D eigenvalue weighted by Gasteiger charge is -2.29. The molecule has 0 saturated carbocycles. The molecule has 1 fully saturated rings. The molecule has 7 nitrogen and oxygen atoms in total. The third-order valence-electron chi connectivity index (χ3n) is 3.43. The van der Waals surface area contributed by atoms with Crippen LogP contribution in [0.25, 0.3) is 0 Å². The van der Waals surface area contributed by atoms with Crippen LogP contribution in [0.4, 0.5) is 0 Å². The molecule has 8 heteroatoms. The average Bonchev–Trinajstić information content (AvgIpc) is 2.38. The Morgan fingerprint density at radius 3 is 2.55 bits per heavy atom. The molecule has 0 aliphatic carbocycles. The number of ether oxygens (including phenoxy) is 1. The highest BCUT2D eigenvalue weighted by Crippen LogP contribution is 2.19. The van der Waals surface area contributed by atoms with Gasteiger partial charge in [0.05, 0.1) is 19.0 Å². The Morgan fingerprint density at radius 2 is 2.05 bits per heavy atom. The van der Waals surface area contributed by atoms with Gasteiger partial charge < -0.3 is 15.2 Å². The molecule has 0 aromatic heterocycles. The number of nitrogens with one attached hydrogen (secondary N) is 1. The minimum Gasteiger partial charge on any atom is -0.391 e. The first-order chi connectivity index (χ1) is 9.34. The number of carbonyl (C=O) groups is 1. The minimum absolute atomic E-state index is 0.0669. The fourth-order valence-corrected chi connectivity index (χ4v) is 3.11. The fraction of sp³-hybridized carbons (Fsp3) is 0.917. The number of hydrogen-bond acceptors (Lipinski definition) is 5. The second kappa shape index (κ2) is 7.92. The van der Waals surface area contributed by atoms with Gasteiger partial charge in [0, 0.05) is 32.7 Å². The lowest BCUT2D eigenvalue weighted by Crippen LogP contribution is -2.43. The van der Waals surface area contributed by atoms with E-state index in [2.05, 4.69) is 5.32 Å². The zero-order valence-electron chi connectivity index (χ0n) is 12.0. The van der Waals surface area contributed by atoms with Crippen LogP contribution < -0.4 is 5.32 Å². The van der Waals surface area contributed by atoms with Gasteiger partial charge in [-0.2, -0.15) is 0 Å². The Balaban J connectivity index is 2.26. The zero-order valence-corrected chi connectivity index (χ0v) is 12.9. The van der Waals surface area contributed by atoms with Crippen LogP contribution in [0.1, 0.15) is 19.3 Å². The lowest BCUT2D eigenvalue weighted by atomic mass is 9.97. The number of amides is 1. The van der Waals surface area contributed by atoms with Gasteiger partial charge in [0.25, 0.3) is 0 Å². The molecule has 0 bridgehead atoms. The molecule has 1 rings (SSSR count). The molecule has 1 saturated heterocycles. The quantitative estimate of drug-likeness (QED) is 0.640. The number of aliphatic hydroxyl groups is 1. The summed E-state index contributed by atoms with van der Waals surface area (Å²) >= 11 is 0. The summed E-state index contributed by atoms with van der Waals surface area (Å²) < 4.78 is 28.9. The summed E-state index contributed by atoms with van der Waals surface area (Å²) in [4.78, 5) is 11.9. The van der Waals surface area contributed by atoms with Crippen molar-refractivity contribution >= 4 is 15.9 Å². The van der Waals surface area contributed by atoms with E-state index in [-0.39, 0.29) is 18.4 Å². The van der Waals surface area contributed by atoms with E-state index < -0.39 is 16.1 Å². The molecule has 0 aromatic carbocycles. The number of methoxy groups -OCH3 is 1. The van der Waals surface area contributed by atoms with Crippen molar-refractivity contribution in [2.24, 2.45) is 5.92 Å². The maximum absolute atomic E-state index is 11.9. The van der Waals surface area contributed by atoms with Crippen molar-refractivity contribution in [2.45, 2.75) is 25.4 Å². The standard InChI is InChI=1S/C12H24N2O5S/c1-19-9-11(15)3-6-13-12(16)10-4-7-14(8-5-10)20(2,17)18/h10-11,15H,3-9H2,1-2H3,(H,13,16). The van der Waals surface area contributed by atoms with E-state index >= 15 is 0 Å². The van der Waals surface area contributed by atoms with Crippen LogP contribution >= 0.6 is 0 Å². The smallest absolute Gasteiger partial charge is 0.223 e. The van der Waals surface area contributed by atoms with Crippen molar-refractivity contribution in [2.75, 3.05) is 39.6 Å². The molecular weight excluding hydrogens is 284 g/mol. The normalized spacial score (nSPS) is 19.8. The number of piperidine rings is 1. The van der Waals surface area contributed by atoms with Gasteiger partial charge in [-0.15, -0.1) is 0 Å². The number of nitrogens with zero attached hydrogens (tertiary/aromatic N) is 1. The maximum atomic E-state index is 11.9. The van der Waals surface area contributed by atoms with Crippen molar-refractivity contribution in [1.29, 1.82) is 0 Å². The molecule has 1 heterocycles. The predicted octanol–water partition coefficient (Wildman–Crippen LogP) is -0.828. The molecule has 1 aliphatic rings. The van der Waals surface area contributed by atoms with E-state index in [0.717, 1.165) is 0 Å². The molecule has 0 aromatic rings. The second-order valence-electron chi connectivity index (χ2n) is 5.13. The Labute approximate surface area is 120 Å². The largest absolute Gasteiger partial charge is 0.391 e. The monoisotopic (exact) mass is 308 g/mol. The first-order valence-corrected chi connectivity index (χ1v) is 8.59. The van der Waals surface area contributed by atoms with Gasteiger partial charge in [0.15, 0.2) is 0 Å². The fourth-order valence-electron chi connectivity index (χ4n) is 2.23. The van der Waals surface area contributed by atoms with Crippen LogP contribution in [0.15, 0.2) is 0 Å². The van der Waals surface area contributed by atoms with Crippen LogP contribution in [0.5, 0.6) is 0 Å². The summed E-state index contributed by atoms with van der Waals surface area (Å²) in [5.41, 5.74) is 0. The van der Waals surface area contributed by atoms with Crippen molar-refractivity contribution in [3.8, 4) is 0 Å². The lowest BCUT2D eigenvalue weighted by molar-refractivity contribution is -0.126. The first-order valence-electron chi connectivity index (χ1n) is 6.74. The summed E-state index contributed by atoms with van der Waals surface area (Å²) in [5.74, 6) is -0.213. The predicted molar refractivity (Wildman–Crippen MR) is 74.7 cm³/mol. The molecule has 2 N–H and O–H groups in total. The van der Waals surface area contributed by atoms with Gasteiger partial charge in [-0.05, 0) is 19.3 Å². The molecule has 1 amide bonds. The van der Waals surface area contributed by atoms with E-state index in [4.69, 9.17) is 4.74 Å². The van der Waals surface area contributed by atoms with Crippen LogP contribution in [-0.2, 0) is 19.6 Å². The minimum atomic E-state index is -3.15. The van der Waals surface area contributed by atoms with E-state index in [1.807, 2.05) is 0 Å². The Hall–Kier alpha value is -0.700. The highest BCUT2D eigenvalue weighted by atomic mass is 32.2. The summed E-state index contributed by atoms with van der Waals surface area (Å²) in [6.45, 7) is 1.44. The highest BCUT2D eigenvalue weighted by molar-refractivity contribution is 7.88. The number of carbonyl (C=O) groups excluding carboxylic acids is 1. The van der Waals surface area contributed by atoms with Gasteiger partial charge >= 0.3 is 0 Å². The Bertz CT molecular complexity index is 404. The molecule has 1 aliphatic heterocycles. The molecule has 1 atom stereocenters. The SMILES string of the molecule is COCC(O)CCNC(=O)C1CCN(S(C)(=O)=O)CC1. The average molecular weight is 308 g/mol. The summed E-state index contributed by atoms with van der Waals surface area (Å²) in [5, 5.41) is 12.2. The van der Waals surface area contributed by atoms with Crippen LogP contribution in [0, 0.1) is 5.92 Å². The molecular formula is C12H24N2O5S. The molecule has 1 unspecified atom stereocenters. The maximum Gasteiger partial charge on any atom is 0.223 e. The number of hydrogen-bond donors (Lipinski definition) is 2. The van der Waals surface area contributed by atoms with Gasteiger partial charge in [0.1, 0.15) is 0 Å². The molecule has 118 valence electrons. The van der Waals surface area contributed by atoms with Crippen molar-refractivity contribution in [3.63, 3.8) is 0 Å². The topological polar surface area (TPSA) is 95.9 Å². The summed E-state index contributed by atoms with van der Waals surface area (Å²) in [7, 11) is -1.64. The zero-order chi connectivity index (χ0) is 15.2. The van der Waals surface area contributed by atoms with Crippen LogP contribution in [-0.4, -0.2) is 69.4 Å². The number of sulfonamides is 1. The molecule has 20 heavy (non-hydrogen) atoms. The van der Waals surface area contributed by atoms with Gasteiger partial charge in [-0.3, -0.25) is 4.79 Å². The Kier molecular flexibility index (Phi) is 6.87. The van der Waals surface area contributed by atoms with E-state index in [1.54, 1.807) is 0 Å². The van der Waals surface area contributed by atoms with Crippen molar-refractivity contribution in [1.82, 2.24) is 9.62 Å².